The summed E-state index contributed by atoms with van der Waals surface area (Å²) in [6.45, 7) is 2.58. The third kappa shape index (κ3) is 4.04. The molecule has 3 aromatic rings. The molecule has 1 heterocycles. The predicted molar refractivity (Wildman–Crippen MR) is 112 cm³/mol. The number of carbonyl (C=O) groups excluding carboxylic acids is 1. The molecular weight excluding hydrogens is 356 g/mol. The molecular formula is C22H18N2O2S. The monoisotopic (exact) mass is 374 g/mol. The van der Waals surface area contributed by atoms with Crippen molar-refractivity contribution in [2.75, 3.05) is 6.61 Å². The molecule has 1 fully saturated rings. The highest BCUT2D eigenvalue weighted by atomic mass is 32.2. The lowest BCUT2D eigenvalue weighted by molar-refractivity contribution is -0.115. The van der Waals surface area contributed by atoms with Crippen LogP contribution in [0.25, 0.3) is 16.8 Å². The lowest BCUT2D eigenvalue weighted by atomic mass is 10.1. The summed E-state index contributed by atoms with van der Waals surface area (Å²) in [5.74, 6) is 0.690. The Morgan fingerprint density at radius 2 is 1.81 bits per heavy atom. The van der Waals surface area contributed by atoms with Crippen LogP contribution in [-0.4, -0.2) is 17.7 Å². The number of aliphatic imine (C=N–C) groups is 1. The first-order valence-electron chi connectivity index (χ1n) is 8.72. The second-order valence-corrected chi connectivity index (χ2v) is 7.05. The van der Waals surface area contributed by atoms with E-state index in [-0.39, 0.29) is 5.91 Å². The largest absolute Gasteiger partial charge is 0.494 e. The van der Waals surface area contributed by atoms with Crippen LogP contribution < -0.4 is 10.1 Å². The van der Waals surface area contributed by atoms with Gasteiger partial charge in [-0.2, -0.15) is 0 Å². The number of carbonyl (C=O) groups is 1. The Hall–Kier alpha value is -3.05. The summed E-state index contributed by atoms with van der Waals surface area (Å²) in [7, 11) is 0. The Morgan fingerprint density at radius 1 is 1.04 bits per heavy atom. The first kappa shape index (κ1) is 17.4. The van der Waals surface area contributed by atoms with Gasteiger partial charge in [0.2, 0.25) is 0 Å². The molecule has 1 aliphatic heterocycles. The standard InChI is InChI=1S/C22H18N2O2S/c1-2-26-19-11-7-15(8-12-19)13-20-21(25)24-22(27-20)23-18-10-9-16-5-3-4-6-17(16)14-18/h3-14H,2H2,1H3,(H,23,24,25)/b20-13-. The second-order valence-electron chi connectivity index (χ2n) is 6.02. The van der Waals surface area contributed by atoms with Gasteiger partial charge in [0.15, 0.2) is 5.17 Å². The number of fused-ring (bicyclic) bond motifs is 1. The smallest absolute Gasteiger partial charge is 0.264 e. The van der Waals surface area contributed by atoms with Crippen LogP contribution >= 0.6 is 11.8 Å². The number of thioether (sulfide) groups is 1. The molecule has 4 rings (SSSR count). The normalized spacial score (nSPS) is 16.9. The zero-order valence-electron chi connectivity index (χ0n) is 14.8. The van der Waals surface area contributed by atoms with E-state index in [9.17, 15) is 4.79 Å². The minimum Gasteiger partial charge on any atom is -0.494 e. The van der Waals surface area contributed by atoms with Crippen molar-refractivity contribution in [1.29, 1.82) is 0 Å². The van der Waals surface area contributed by atoms with Crippen molar-refractivity contribution in [3.8, 4) is 5.75 Å². The average Bonchev–Trinajstić information content (AvgIpc) is 3.02. The predicted octanol–water partition coefficient (Wildman–Crippen LogP) is 5.13. The van der Waals surface area contributed by atoms with E-state index in [1.54, 1.807) is 0 Å². The Kier molecular flexibility index (Phi) is 4.94. The highest BCUT2D eigenvalue weighted by molar-refractivity contribution is 8.18. The van der Waals surface area contributed by atoms with E-state index in [1.165, 1.54) is 17.1 Å². The van der Waals surface area contributed by atoms with Gasteiger partial charge < -0.3 is 10.1 Å². The molecule has 0 saturated carbocycles. The van der Waals surface area contributed by atoms with Gasteiger partial charge in [0.25, 0.3) is 5.91 Å². The van der Waals surface area contributed by atoms with E-state index < -0.39 is 0 Å². The number of ether oxygens (including phenoxy) is 1. The Balaban J connectivity index is 1.54. The average molecular weight is 374 g/mol. The Morgan fingerprint density at radius 3 is 2.59 bits per heavy atom. The van der Waals surface area contributed by atoms with Gasteiger partial charge in [-0.15, -0.1) is 0 Å². The minimum absolute atomic E-state index is 0.131. The molecule has 0 unspecified atom stereocenters. The van der Waals surface area contributed by atoms with Gasteiger partial charge in [-0.3, -0.25) is 4.79 Å². The van der Waals surface area contributed by atoms with Crippen molar-refractivity contribution in [1.82, 2.24) is 5.32 Å². The molecule has 3 aromatic carbocycles. The van der Waals surface area contributed by atoms with E-state index in [4.69, 9.17) is 4.74 Å². The molecule has 0 aliphatic carbocycles. The van der Waals surface area contributed by atoms with Crippen LogP contribution in [0.15, 0.2) is 76.6 Å². The number of amides is 1. The highest BCUT2D eigenvalue weighted by Gasteiger charge is 2.23. The third-order valence-electron chi connectivity index (χ3n) is 4.10. The molecule has 4 nitrogen and oxygen atoms in total. The molecule has 0 atom stereocenters. The minimum atomic E-state index is -0.131. The van der Waals surface area contributed by atoms with Crippen molar-refractivity contribution < 1.29 is 9.53 Å². The van der Waals surface area contributed by atoms with Crippen molar-refractivity contribution in [3.05, 3.63) is 77.2 Å². The summed E-state index contributed by atoms with van der Waals surface area (Å²) >= 11 is 1.35. The van der Waals surface area contributed by atoms with Crippen LogP contribution in [0.2, 0.25) is 0 Å². The summed E-state index contributed by atoms with van der Waals surface area (Å²) < 4.78 is 5.44. The van der Waals surface area contributed by atoms with Crippen molar-refractivity contribution in [2.24, 2.45) is 4.99 Å². The van der Waals surface area contributed by atoms with Gasteiger partial charge >= 0.3 is 0 Å². The maximum atomic E-state index is 12.3. The molecule has 1 N–H and O–H groups in total. The molecule has 0 radical (unpaired) electrons. The van der Waals surface area contributed by atoms with Gasteiger partial charge in [0.05, 0.1) is 17.2 Å². The molecule has 1 amide bonds. The zero-order chi connectivity index (χ0) is 18.6. The molecule has 0 spiro atoms. The third-order valence-corrected chi connectivity index (χ3v) is 5.01. The topological polar surface area (TPSA) is 50.7 Å². The maximum Gasteiger partial charge on any atom is 0.264 e. The van der Waals surface area contributed by atoms with E-state index >= 15 is 0 Å². The maximum absolute atomic E-state index is 12.3. The molecule has 1 saturated heterocycles. The quantitative estimate of drug-likeness (QED) is 0.644. The van der Waals surface area contributed by atoms with Gasteiger partial charge in [-0.1, -0.05) is 42.5 Å². The lowest BCUT2D eigenvalue weighted by Crippen LogP contribution is -2.19. The first-order valence-corrected chi connectivity index (χ1v) is 9.54. The number of nitrogens with zero attached hydrogens (tertiary/aromatic N) is 1. The second kappa shape index (κ2) is 7.68. The van der Waals surface area contributed by atoms with E-state index in [2.05, 4.69) is 22.4 Å². The van der Waals surface area contributed by atoms with Gasteiger partial charge in [-0.25, -0.2) is 4.99 Å². The summed E-state index contributed by atoms with van der Waals surface area (Å²) in [6, 6.07) is 21.8. The van der Waals surface area contributed by atoms with Gasteiger partial charge in [0.1, 0.15) is 5.75 Å². The van der Waals surface area contributed by atoms with E-state index in [1.807, 2.05) is 67.6 Å². The van der Waals surface area contributed by atoms with Gasteiger partial charge in [0, 0.05) is 0 Å². The number of nitrogens with one attached hydrogen (secondary N) is 1. The van der Waals surface area contributed by atoms with E-state index in [0.717, 1.165) is 22.4 Å². The lowest BCUT2D eigenvalue weighted by Gasteiger charge is -2.02. The van der Waals surface area contributed by atoms with Crippen molar-refractivity contribution in [2.45, 2.75) is 6.92 Å². The summed E-state index contributed by atoms with van der Waals surface area (Å²) in [6.07, 6.45) is 1.86. The summed E-state index contributed by atoms with van der Waals surface area (Å²) in [5.41, 5.74) is 1.77. The van der Waals surface area contributed by atoms with Crippen LogP contribution in [0.5, 0.6) is 5.75 Å². The van der Waals surface area contributed by atoms with E-state index in [0.29, 0.717) is 16.7 Å². The zero-order valence-corrected chi connectivity index (χ0v) is 15.6. The molecule has 5 heteroatoms. The van der Waals surface area contributed by atoms with Crippen molar-refractivity contribution >= 4 is 45.4 Å². The van der Waals surface area contributed by atoms with Gasteiger partial charge in [-0.05, 0) is 65.4 Å². The van der Waals surface area contributed by atoms with Crippen LogP contribution in [0.3, 0.4) is 0 Å². The number of benzene rings is 3. The number of amidine groups is 1. The summed E-state index contributed by atoms with van der Waals surface area (Å²) in [4.78, 5) is 17.5. The fourth-order valence-electron chi connectivity index (χ4n) is 2.82. The number of rotatable bonds is 4. The van der Waals surface area contributed by atoms with Crippen LogP contribution in [0, 0.1) is 0 Å². The fraction of sp³-hybridized carbons (Fsp3) is 0.0909. The Labute approximate surface area is 162 Å². The molecule has 1 aliphatic rings. The molecule has 27 heavy (non-hydrogen) atoms. The highest BCUT2D eigenvalue weighted by Crippen LogP contribution is 2.29. The molecule has 0 bridgehead atoms. The van der Waals surface area contributed by atoms with Crippen LogP contribution in [0.1, 0.15) is 12.5 Å². The Bertz CT molecular complexity index is 1060. The van der Waals surface area contributed by atoms with Crippen molar-refractivity contribution in [3.63, 3.8) is 0 Å². The molecule has 134 valence electrons. The number of hydrogen-bond donors (Lipinski definition) is 1. The molecule has 0 aromatic heterocycles. The fourth-order valence-corrected chi connectivity index (χ4v) is 3.66. The SMILES string of the molecule is CCOc1ccc(/C=C2\SC(=Nc3ccc4ccccc4c3)NC2=O)cc1. The summed E-state index contributed by atoms with van der Waals surface area (Å²) in [5, 5.41) is 5.71. The first-order chi connectivity index (χ1) is 13.2. The van der Waals surface area contributed by atoms with Crippen LogP contribution in [0.4, 0.5) is 5.69 Å². The number of hydrogen-bond acceptors (Lipinski definition) is 4. The van der Waals surface area contributed by atoms with Crippen LogP contribution in [-0.2, 0) is 4.79 Å².